The summed E-state index contributed by atoms with van der Waals surface area (Å²) in [6.45, 7) is 6.25. The molecule has 0 fully saturated rings. The number of halogens is 2. The summed E-state index contributed by atoms with van der Waals surface area (Å²) in [6.07, 6.45) is 3.20. The van der Waals surface area contributed by atoms with Gasteiger partial charge in [-0.05, 0) is 54.8 Å². The summed E-state index contributed by atoms with van der Waals surface area (Å²) in [5.41, 5.74) is -0.0153. The molecule has 162 valence electrons. The Morgan fingerprint density at radius 1 is 1.00 bits per heavy atom. The molecule has 0 aromatic heterocycles. The minimum absolute atomic E-state index is 0.0153. The highest BCUT2D eigenvalue weighted by atomic mass is 35.5. The molecule has 0 saturated carbocycles. The highest BCUT2D eigenvalue weighted by molar-refractivity contribution is 6.30. The maximum Gasteiger partial charge on any atom is 0.343 e. The third kappa shape index (κ3) is 7.02. The van der Waals surface area contributed by atoms with Crippen LogP contribution in [-0.4, -0.2) is 23.9 Å². The van der Waals surface area contributed by atoms with Crippen molar-refractivity contribution >= 4 is 23.5 Å². The molecule has 0 radical (unpaired) electrons. The number of unbranched alkanes of at least 4 members (excludes halogenated alkanes) is 2. The summed E-state index contributed by atoms with van der Waals surface area (Å²) in [5.74, 6) is -1.82. The van der Waals surface area contributed by atoms with Crippen molar-refractivity contribution in [3.05, 3.63) is 53.8 Å². The number of carbonyl (C=O) groups excluding carboxylic acids is 2. The van der Waals surface area contributed by atoms with E-state index < -0.39 is 23.1 Å². The standard InChI is InChI=1S/C23H26ClFO5/c1-4-5-6-13-28-17-8-10-18(11-9-17)29-22(26)16-7-12-20(19(25)14-16)30-23(27)21(24)15(2)3/h7-12,14-15,21H,4-6,13H2,1-3H3. The van der Waals surface area contributed by atoms with E-state index in [1.807, 2.05) is 0 Å². The Bertz CT molecular complexity index is 851. The molecule has 1 unspecified atom stereocenters. The number of ether oxygens (including phenoxy) is 3. The lowest BCUT2D eigenvalue weighted by Gasteiger charge is -2.13. The molecule has 5 nitrogen and oxygen atoms in total. The predicted octanol–water partition coefficient (Wildman–Crippen LogP) is 5.78. The molecule has 0 aliphatic carbocycles. The molecule has 2 aromatic carbocycles. The summed E-state index contributed by atoms with van der Waals surface area (Å²) in [7, 11) is 0. The Morgan fingerprint density at radius 2 is 1.67 bits per heavy atom. The molecule has 1 atom stereocenters. The number of rotatable bonds is 10. The van der Waals surface area contributed by atoms with E-state index in [4.69, 9.17) is 25.8 Å². The van der Waals surface area contributed by atoms with Gasteiger partial charge in [0, 0.05) is 0 Å². The van der Waals surface area contributed by atoms with Crippen LogP contribution in [0.3, 0.4) is 0 Å². The normalized spacial score (nSPS) is 11.8. The minimum Gasteiger partial charge on any atom is -0.494 e. The molecule has 0 spiro atoms. The van der Waals surface area contributed by atoms with Gasteiger partial charge in [-0.1, -0.05) is 33.6 Å². The molecule has 0 aliphatic rings. The Hall–Kier alpha value is -2.60. The maximum absolute atomic E-state index is 14.3. The van der Waals surface area contributed by atoms with Crippen molar-refractivity contribution in [3.8, 4) is 17.2 Å². The Kier molecular flexibility index (Phi) is 9.12. The molecular formula is C23H26ClFO5. The van der Waals surface area contributed by atoms with E-state index in [9.17, 15) is 14.0 Å². The van der Waals surface area contributed by atoms with Gasteiger partial charge in [0.2, 0.25) is 0 Å². The number of carbonyl (C=O) groups is 2. The molecule has 0 amide bonds. The molecule has 0 saturated heterocycles. The lowest BCUT2D eigenvalue weighted by Crippen LogP contribution is -2.25. The largest absolute Gasteiger partial charge is 0.494 e. The summed E-state index contributed by atoms with van der Waals surface area (Å²) in [4.78, 5) is 24.1. The maximum atomic E-state index is 14.3. The van der Waals surface area contributed by atoms with E-state index in [1.165, 1.54) is 12.1 Å². The summed E-state index contributed by atoms with van der Waals surface area (Å²) in [5, 5.41) is -0.896. The summed E-state index contributed by atoms with van der Waals surface area (Å²) < 4.78 is 30.1. The first-order chi connectivity index (χ1) is 14.3. The van der Waals surface area contributed by atoms with E-state index in [-0.39, 0.29) is 17.2 Å². The van der Waals surface area contributed by atoms with Crippen LogP contribution in [0.1, 0.15) is 50.4 Å². The van der Waals surface area contributed by atoms with Crippen molar-refractivity contribution < 1.29 is 28.2 Å². The SMILES string of the molecule is CCCCCOc1ccc(OC(=O)c2ccc(OC(=O)C(Cl)C(C)C)c(F)c2)cc1. The van der Waals surface area contributed by atoms with Crippen molar-refractivity contribution in [1.29, 1.82) is 0 Å². The minimum atomic E-state index is -0.896. The molecule has 7 heteroatoms. The highest BCUT2D eigenvalue weighted by Gasteiger charge is 2.23. The average Bonchev–Trinajstić information content (AvgIpc) is 2.73. The average molecular weight is 437 g/mol. The second-order valence-electron chi connectivity index (χ2n) is 7.13. The smallest absolute Gasteiger partial charge is 0.343 e. The van der Waals surface area contributed by atoms with Gasteiger partial charge in [0.15, 0.2) is 11.6 Å². The van der Waals surface area contributed by atoms with Crippen LogP contribution >= 0.6 is 11.6 Å². The Labute approximate surface area is 181 Å². The van der Waals surface area contributed by atoms with Gasteiger partial charge in [-0.15, -0.1) is 11.6 Å². The molecule has 0 N–H and O–H groups in total. The van der Waals surface area contributed by atoms with Crippen LogP contribution in [-0.2, 0) is 4.79 Å². The molecule has 30 heavy (non-hydrogen) atoms. The van der Waals surface area contributed by atoms with Crippen molar-refractivity contribution in [3.63, 3.8) is 0 Å². The molecule has 0 bridgehead atoms. The fourth-order valence-electron chi connectivity index (χ4n) is 2.46. The van der Waals surface area contributed by atoms with E-state index in [0.29, 0.717) is 18.1 Å². The van der Waals surface area contributed by atoms with Crippen molar-refractivity contribution in [2.75, 3.05) is 6.61 Å². The van der Waals surface area contributed by atoms with Gasteiger partial charge in [-0.2, -0.15) is 0 Å². The number of benzene rings is 2. The fraction of sp³-hybridized carbons (Fsp3) is 0.391. The lowest BCUT2D eigenvalue weighted by molar-refractivity contribution is -0.134. The van der Waals surface area contributed by atoms with Crippen LogP contribution in [0.4, 0.5) is 4.39 Å². The van der Waals surface area contributed by atoms with Crippen LogP contribution in [0.2, 0.25) is 0 Å². The fourth-order valence-corrected chi connectivity index (χ4v) is 2.50. The predicted molar refractivity (Wildman–Crippen MR) is 113 cm³/mol. The monoisotopic (exact) mass is 436 g/mol. The quantitative estimate of drug-likeness (QED) is 0.204. The van der Waals surface area contributed by atoms with Gasteiger partial charge >= 0.3 is 11.9 Å². The second-order valence-corrected chi connectivity index (χ2v) is 7.60. The number of alkyl halides is 1. The zero-order valence-electron chi connectivity index (χ0n) is 17.3. The zero-order chi connectivity index (χ0) is 22.1. The number of hydrogen-bond acceptors (Lipinski definition) is 5. The van der Waals surface area contributed by atoms with Gasteiger partial charge in [0.25, 0.3) is 0 Å². The van der Waals surface area contributed by atoms with Crippen LogP contribution < -0.4 is 14.2 Å². The van der Waals surface area contributed by atoms with Crippen molar-refractivity contribution in [2.45, 2.75) is 45.4 Å². The molecule has 2 rings (SSSR count). The first kappa shape index (κ1) is 23.7. The van der Waals surface area contributed by atoms with E-state index in [2.05, 4.69) is 6.92 Å². The topological polar surface area (TPSA) is 61.8 Å². The summed E-state index contributed by atoms with van der Waals surface area (Å²) >= 11 is 5.91. The van der Waals surface area contributed by atoms with Gasteiger partial charge in [0.1, 0.15) is 16.9 Å². The molecule has 0 heterocycles. The van der Waals surface area contributed by atoms with Crippen molar-refractivity contribution in [2.24, 2.45) is 5.92 Å². The highest BCUT2D eigenvalue weighted by Crippen LogP contribution is 2.23. The van der Waals surface area contributed by atoms with E-state index >= 15 is 0 Å². The lowest BCUT2D eigenvalue weighted by atomic mass is 10.1. The molecular weight excluding hydrogens is 411 g/mol. The van der Waals surface area contributed by atoms with Gasteiger partial charge in [-0.3, -0.25) is 4.79 Å². The molecule has 0 aliphatic heterocycles. The van der Waals surface area contributed by atoms with E-state index in [0.717, 1.165) is 25.3 Å². The van der Waals surface area contributed by atoms with Gasteiger partial charge in [0.05, 0.1) is 12.2 Å². The van der Waals surface area contributed by atoms with Crippen LogP contribution in [0.15, 0.2) is 42.5 Å². The van der Waals surface area contributed by atoms with Crippen LogP contribution in [0.25, 0.3) is 0 Å². The third-order valence-corrected chi connectivity index (χ3v) is 4.92. The number of hydrogen-bond donors (Lipinski definition) is 0. The summed E-state index contributed by atoms with van der Waals surface area (Å²) in [6, 6.07) is 10.1. The van der Waals surface area contributed by atoms with Gasteiger partial charge < -0.3 is 14.2 Å². The van der Waals surface area contributed by atoms with Gasteiger partial charge in [-0.25, -0.2) is 9.18 Å². The molecule has 2 aromatic rings. The van der Waals surface area contributed by atoms with E-state index in [1.54, 1.807) is 38.1 Å². The number of esters is 2. The van der Waals surface area contributed by atoms with Crippen molar-refractivity contribution in [1.82, 2.24) is 0 Å². The van der Waals surface area contributed by atoms with Crippen LogP contribution in [0.5, 0.6) is 17.2 Å². The third-order valence-electron chi connectivity index (χ3n) is 4.24. The first-order valence-corrected chi connectivity index (χ1v) is 10.4. The van der Waals surface area contributed by atoms with Crippen LogP contribution in [0, 0.1) is 11.7 Å². The Balaban J connectivity index is 1.95. The zero-order valence-corrected chi connectivity index (χ0v) is 18.1. The first-order valence-electron chi connectivity index (χ1n) is 9.92. The Morgan fingerprint density at radius 3 is 2.27 bits per heavy atom. The second kappa shape index (κ2) is 11.6.